The Morgan fingerprint density at radius 1 is 1.25 bits per heavy atom. The second kappa shape index (κ2) is 6.93. The number of rotatable bonds is 5. The van der Waals surface area contributed by atoms with Gasteiger partial charge in [0.15, 0.2) is 5.11 Å². The van der Waals surface area contributed by atoms with E-state index in [1.807, 2.05) is 18.3 Å². The number of nitrogens with zero attached hydrogens (tertiary/aromatic N) is 3. The van der Waals surface area contributed by atoms with Gasteiger partial charge in [-0.05, 0) is 63.2 Å². The SMILES string of the molecule is CCCN1C(=S)N[C@@H](c2ccccn2)[C@@H]1c1cc(C)n(CC)c1C. The molecule has 0 spiro atoms. The van der Waals surface area contributed by atoms with Crippen LogP contribution in [0, 0.1) is 13.8 Å². The van der Waals surface area contributed by atoms with E-state index in [4.69, 9.17) is 12.2 Å². The Morgan fingerprint density at radius 3 is 2.62 bits per heavy atom. The highest BCUT2D eigenvalue weighted by molar-refractivity contribution is 7.80. The molecule has 0 aliphatic carbocycles. The Labute approximate surface area is 149 Å². The third-order valence-electron chi connectivity index (χ3n) is 4.91. The first-order chi connectivity index (χ1) is 11.6. The summed E-state index contributed by atoms with van der Waals surface area (Å²) in [5.41, 5.74) is 5.03. The van der Waals surface area contributed by atoms with Crippen molar-refractivity contribution in [1.82, 2.24) is 19.8 Å². The van der Waals surface area contributed by atoms with Crippen LogP contribution in [0.25, 0.3) is 0 Å². The highest BCUT2D eigenvalue weighted by Crippen LogP contribution is 2.40. The second-order valence-electron chi connectivity index (χ2n) is 6.39. The van der Waals surface area contributed by atoms with Gasteiger partial charge in [0.1, 0.15) is 0 Å². The van der Waals surface area contributed by atoms with E-state index in [1.165, 1.54) is 17.0 Å². The van der Waals surface area contributed by atoms with E-state index in [-0.39, 0.29) is 12.1 Å². The third kappa shape index (κ3) is 2.81. The number of hydrogen-bond donors (Lipinski definition) is 1. The molecule has 1 aliphatic heterocycles. The molecule has 1 N–H and O–H groups in total. The summed E-state index contributed by atoms with van der Waals surface area (Å²) in [6, 6.07) is 8.69. The molecular formula is C19H26N4S. The first-order valence-corrected chi connectivity index (χ1v) is 9.14. The van der Waals surface area contributed by atoms with Gasteiger partial charge in [0.2, 0.25) is 0 Å². The summed E-state index contributed by atoms with van der Waals surface area (Å²) < 4.78 is 2.37. The summed E-state index contributed by atoms with van der Waals surface area (Å²) in [4.78, 5) is 6.92. The first-order valence-electron chi connectivity index (χ1n) is 8.73. The van der Waals surface area contributed by atoms with Crippen molar-refractivity contribution in [2.45, 2.75) is 52.7 Å². The van der Waals surface area contributed by atoms with Gasteiger partial charge in [-0.15, -0.1) is 0 Å². The zero-order valence-corrected chi connectivity index (χ0v) is 15.7. The summed E-state index contributed by atoms with van der Waals surface area (Å²) in [6.07, 6.45) is 2.93. The van der Waals surface area contributed by atoms with E-state index in [1.54, 1.807) is 0 Å². The van der Waals surface area contributed by atoms with Gasteiger partial charge in [0.25, 0.3) is 0 Å². The van der Waals surface area contributed by atoms with Gasteiger partial charge in [-0.2, -0.15) is 0 Å². The van der Waals surface area contributed by atoms with Crippen molar-refractivity contribution in [1.29, 1.82) is 0 Å². The van der Waals surface area contributed by atoms with Gasteiger partial charge in [0, 0.05) is 30.7 Å². The Balaban J connectivity index is 2.09. The Morgan fingerprint density at radius 2 is 2.04 bits per heavy atom. The zero-order valence-electron chi connectivity index (χ0n) is 14.9. The molecule has 128 valence electrons. The quantitative estimate of drug-likeness (QED) is 0.836. The van der Waals surface area contributed by atoms with Crippen molar-refractivity contribution in [3.8, 4) is 0 Å². The minimum atomic E-state index is 0.0936. The normalized spacial score (nSPS) is 20.5. The molecule has 3 heterocycles. The molecule has 0 unspecified atom stereocenters. The smallest absolute Gasteiger partial charge is 0.170 e. The average Bonchev–Trinajstić information content (AvgIpc) is 3.05. The fourth-order valence-corrected chi connectivity index (χ4v) is 4.17. The van der Waals surface area contributed by atoms with Crippen molar-refractivity contribution in [3.63, 3.8) is 0 Å². The summed E-state index contributed by atoms with van der Waals surface area (Å²) in [5.74, 6) is 0. The average molecular weight is 343 g/mol. The molecule has 0 saturated carbocycles. The first kappa shape index (κ1) is 17.0. The number of aromatic nitrogens is 2. The second-order valence-corrected chi connectivity index (χ2v) is 6.78. The minimum absolute atomic E-state index is 0.0936. The maximum atomic E-state index is 5.65. The van der Waals surface area contributed by atoms with E-state index < -0.39 is 0 Å². The van der Waals surface area contributed by atoms with Crippen LogP contribution in [0.15, 0.2) is 30.5 Å². The lowest BCUT2D eigenvalue weighted by Gasteiger charge is -2.27. The lowest BCUT2D eigenvalue weighted by Crippen LogP contribution is -2.30. The van der Waals surface area contributed by atoms with Gasteiger partial charge in [0.05, 0.1) is 17.8 Å². The number of hydrogen-bond acceptors (Lipinski definition) is 2. The van der Waals surface area contributed by atoms with Crippen molar-refractivity contribution < 1.29 is 0 Å². The molecule has 2 aromatic rings. The van der Waals surface area contributed by atoms with Crippen molar-refractivity contribution in [2.75, 3.05) is 6.54 Å². The van der Waals surface area contributed by atoms with Crippen LogP contribution in [0.3, 0.4) is 0 Å². The molecule has 1 saturated heterocycles. The zero-order chi connectivity index (χ0) is 17.3. The third-order valence-corrected chi connectivity index (χ3v) is 5.26. The number of thiocarbonyl (C=S) groups is 1. The molecule has 1 fully saturated rings. The largest absolute Gasteiger partial charge is 0.352 e. The molecule has 2 atom stereocenters. The van der Waals surface area contributed by atoms with Crippen LogP contribution < -0.4 is 5.32 Å². The van der Waals surface area contributed by atoms with Crippen LogP contribution >= 0.6 is 12.2 Å². The van der Waals surface area contributed by atoms with Crippen LogP contribution in [0.4, 0.5) is 0 Å². The molecule has 2 aromatic heterocycles. The van der Waals surface area contributed by atoms with Crippen molar-refractivity contribution in [2.24, 2.45) is 0 Å². The highest BCUT2D eigenvalue weighted by Gasteiger charge is 2.40. The lowest BCUT2D eigenvalue weighted by atomic mass is 9.96. The summed E-state index contributed by atoms with van der Waals surface area (Å²) in [7, 11) is 0. The van der Waals surface area contributed by atoms with Crippen LogP contribution in [0.5, 0.6) is 0 Å². The van der Waals surface area contributed by atoms with E-state index >= 15 is 0 Å². The molecule has 4 nitrogen and oxygen atoms in total. The van der Waals surface area contributed by atoms with Gasteiger partial charge in [-0.1, -0.05) is 13.0 Å². The molecule has 5 heteroatoms. The highest BCUT2D eigenvalue weighted by atomic mass is 32.1. The fraction of sp³-hybridized carbons (Fsp3) is 0.474. The maximum Gasteiger partial charge on any atom is 0.170 e. The Kier molecular flexibility index (Phi) is 4.90. The van der Waals surface area contributed by atoms with E-state index in [2.05, 4.69) is 59.6 Å². The fourth-order valence-electron chi connectivity index (χ4n) is 3.84. The van der Waals surface area contributed by atoms with Crippen LogP contribution in [0.2, 0.25) is 0 Å². The molecule has 0 bridgehead atoms. The number of aryl methyl sites for hydroxylation is 1. The number of pyridine rings is 1. The van der Waals surface area contributed by atoms with Gasteiger partial charge in [-0.25, -0.2) is 0 Å². The molecule has 0 aromatic carbocycles. The molecular weight excluding hydrogens is 316 g/mol. The molecule has 1 aliphatic rings. The van der Waals surface area contributed by atoms with Crippen LogP contribution in [-0.4, -0.2) is 26.1 Å². The van der Waals surface area contributed by atoms with Crippen LogP contribution in [0.1, 0.15) is 55.0 Å². The lowest BCUT2D eigenvalue weighted by molar-refractivity contribution is 0.316. The van der Waals surface area contributed by atoms with Gasteiger partial charge >= 0.3 is 0 Å². The summed E-state index contributed by atoms with van der Waals surface area (Å²) >= 11 is 5.65. The van der Waals surface area contributed by atoms with Gasteiger partial charge < -0.3 is 14.8 Å². The van der Waals surface area contributed by atoms with Crippen molar-refractivity contribution in [3.05, 3.63) is 53.1 Å². The monoisotopic (exact) mass is 342 g/mol. The molecule has 24 heavy (non-hydrogen) atoms. The maximum absolute atomic E-state index is 5.65. The van der Waals surface area contributed by atoms with Gasteiger partial charge in [-0.3, -0.25) is 4.98 Å². The predicted octanol–water partition coefficient (Wildman–Crippen LogP) is 3.90. The summed E-state index contributed by atoms with van der Waals surface area (Å²) in [6.45, 7) is 10.7. The van der Waals surface area contributed by atoms with E-state index in [0.29, 0.717) is 0 Å². The Hall–Kier alpha value is -1.88. The topological polar surface area (TPSA) is 33.1 Å². The number of nitrogens with one attached hydrogen (secondary N) is 1. The molecule has 0 radical (unpaired) electrons. The Bertz CT molecular complexity index is 722. The standard InChI is InChI=1S/C19H26N4S/c1-5-11-23-18(15-12-13(3)22(6-2)14(15)4)17(21-19(23)24)16-9-7-8-10-20-16/h7-10,12,17-18H,5-6,11H2,1-4H3,(H,21,24)/t17-,18-/m0/s1. The van der Waals surface area contributed by atoms with Crippen LogP contribution in [-0.2, 0) is 6.54 Å². The molecule has 3 rings (SSSR count). The minimum Gasteiger partial charge on any atom is -0.352 e. The van der Waals surface area contributed by atoms with E-state index in [0.717, 1.165) is 30.3 Å². The predicted molar refractivity (Wildman–Crippen MR) is 102 cm³/mol. The van der Waals surface area contributed by atoms with Crippen molar-refractivity contribution >= 4 is 17.3 Å². The summed E-state index contributed by atoms with van der Waals surface area (Å²) in [5, 5.41) is 4.35. The molecule has 0 amide bonds. The van der Waals surface area contributed by atoms with E-state index in [9.17, 15) is 0 Å².